The molecule has 1 saturated carbocycles. The maximum absolute atomic E-state index is 5.66. The summed E-state index contributed by atoms with van der Waals surface area (Å²) in [5.41, 5.74) is 1.28. The van der Waals surface area contributed by atoms with E-state index in [2.05, 4.69) is 24.4 Å². The molecule has 0 amide bonds. The van der Waals surface area contributed by atoms with E-state index in [4.69, 9.17) is 9.47 Å². The Morgan fingerprint density at radius 1 is 1.10 bits per heavy atom. The van der Waals surface area contributed by atoms with Crippen LogP contribution in [-0.4, -0.2) is 19.8 Å². The van der Waals surface area contributed by atoms with Gasteiger partial charge in [-0.1, -0.05) is 38.2 Å². The molecule has 0 spiro atoms. The van der Waals surface area contributed by atoms with Gasteiger partial charge in [0.1, 0.15) is 13.2 Å². The lowest BCUT2D eigenvalue weighted by Gasteiger charge is -2.23. The molecule has 1 fully saturated rings. The summed E-state index contributed by atoms with van der Waals surface area (Å²) < 4.78 is 11.2. The number of ether oxygens (including phenoxy) is 2. The smallest absolute Gasteiger partial charge is 0.161 e. The summed E-state index contributed by atoms with van der Waals surface area (Å²) in [4.78, 5) is 0. The molecule has 1 aliphatic heterocycles. The van der Waals surface area contributed by atoms with Crippen LogP contribution in [-0.2, 0) is 0 Å². The lowest BCUT2D eigenvalue weighted by Crippen LogP contribution is -2.23. The Hall–Kier alpha value is -1.22. The largest absolute Gasteiger partial charge is 0.486 e. The van der Waals surface area contributed by atoms with Gasteiger partial charge in [0.2, 0.25) is 0 Å². The van der Waals surface area contributed by atoms with Crippen molar-refractivity contribution in [3.05, 3.63) is 23.8 Å². The molecular weight excluding hydrogens is 262 g/mol. The summed E-state index contributed by atoms with van der Waals surface area (Å²) in [6.07, 6.45) is 8.48. The first-order valence-electron chi connectivity index (χ1n) is 8.46. The van der Waals surface area contributed by atoms with Gasteiger partial charge in [0, 0.05) is 6.04 Å². The lowest BCUT2D eigenvalue weighted by atomic mass is 9.87. The number of hydrogen-bond donors (Lipinski definition) is 1. The molecule has 116 valence electrons. The first-order chi connectivity index (χ1) is 10.3. The minimum absolute atomic E-state index is 0.365. The van der Waals surface area contributed by atoms with E-state index < -0.39 is 0 Å². The van der Waals surface area contributed by atoms with E-state index in [1.807, 2.05) is 6.07 Å². The quantitative estimate of drug-likeness (QED) is 0.886. The monoisotopic (exact) mass is 289 g/mol. The van der Waals surface area contributed by atoms with Crippen molar-refractivity contribution in [1.82, 2.24) is 5.32 Å². The van der Waals surface area contributed by atoms with Crippen molar-refractivity contribution in [2.45, 2.75) is 51.5 Å². The molecule has 1 aromatic rings. The summed E-state index contributed by atoms with van der Waals surface area (Å²) in [6, 6.07) is 6.66. The molecule has 1 N–H and O–H groups in total. The Morgan fingerprint density at radius 3 is 2.67 bits per heavy atom. The molecular formula is C18H27NO2. The van der Waals surface area contributed by atoms with Crippen LogP contribution in [0.1, 0.15) is 57.1 Å². The molecule has 2 aliphatic rings. The van der Waals surface area contributed by atoms with Crippen molar-refractivity contribution in [2.24, 2.45) is 5.92 Å². The van der Waals surface area contributed by atoms with Crippen LogP contribution in [0.15, 0.2) is 18.2 Å². The third-order valence-corrected chi connectivity index (χ3v) is 4.79. The van der Waals surface area contributed by atoms with E-state index in [9.17, 15) is 0 Å². The number of fused-ring (bicyclic) bond motifs is 1. The fourth-order valence-corrected chi connectivity index (χ4v) is 3.43. The molecule has 0 bridgehead atoms. The van der Waals surface area contributed by atoms with Crippen LogP contribution in [0.3, 0.4) is 0 Å². The summed E-state index contributed by atoms with van der Waals surface area (Å²) in [7, 11) is 0. The zero-order valence-electron chi connectivity index (χ0n) is 13.1. The Bertz CT molecular complexity index is 455. The summed E-state index contributed by atoms with van der Waals surface area (Å²) in [6.45, 7) is 4.65. The number of benzene rings is 1. The Labute approximate surface area is 128 Å². The summed E-state index contributed by atoms with van der Waals surface area (Å²) in [5, 5.41) is 3.66. The van der Waals surface area contributed by atoms with Crippen molar-refractivity contribution in [1.29, 1.82) is 0 Å². The molecule has 21 heavy (non-hydrogen) atoms. The fourth-order valence-electron chi connectivity index (χ4n) is 3.43. The van der Waals surface area contributed by atoms with E-state index in [1.165, 1.54) is 44.1 Å². The van der Waals surface area contributed by atoms with E-state index in [1.54, 1.807) is 0 Å². The molecule has 1 atom stereocenters. The predicted molar refractivity (Wildman–Crippen MR) is 85.0 cm³/mol. The van der Waals surface area contributed by atoms with E-state index in [-0.39, 0.29) is 0 Å². The molecule has 0 radical (unpaired) electrons. The van der Waals surface area contributed by atoms with Crippen molar-refractivity contribution in [3.63, 3.8) is 0 Å². The molecule has 0 saturated heterocycles. The zero-order valence-corrected chi connectivity index (χ0v) is 13.1. The maximum Gasteiger partial charge on any atom is 0.161 e. The van der Waals surface area contributed by atoms with Crippen molar-refractivity contribution in [3.8, 4) is 11.5 Å². The molecule has 1 unspecified atom stereocenters. The van der Waals surface area contributed by atoms with Crippen LogP contribution < -0.4 is 14.8 Å². The molecule has 1 heterocycles. The standard InChI is InChI=1S/C18H27NO2/c1-14(19-10-9-15-5-3-2-4-6-15)16-7-8-17-18(13-16)21-12-11-20-17/h7-8,13-15,19H,2-6,9-12H2,1H3. The van der Waals surface area contributed by atoms with Gasteiger partial charge in [-0.2, -0.15) is 0 Å². The number of hydrogen-bond acceptors (Lipinski definition) is 3. The first-order valence-corrected chi connectivity index (χ1v) is 8.46. The van der Waals surface area contributed by atoms with E-state index in [0.29, 0.717) is 19.3 Å². The van der Waals surface area contributed by atoms with Gasteiger partial charge >= 0.3 is 0 Å². The van der Waals surface area contributed by atoms with Gasteiger partial charge in [-0.15, -0.1) is 0 Å². The molecule has 0 aromatic heterocycles. The second-order valence-electron chi connectivity index (χ2n) is 6.37. The third kappa shape index (κ3) is 3.91. The topological polar surface area (TPSA) is 30.5 Å². The van der Waals surface area contributed by atoms with Gasteiger partial charge in [-0.3, -0.25) is 0 Å². The minimum Gasteiger partial charge on any atom is -0.486 e. The molecule has 1 aromatic carbocycles. The van der Waals surface area contributed by atoms with Crippen molar-refractivity contribution in [2.75, 3.05) is 19.8 Å². The van der Waals surface area contributed by atoms with Crippen LogP contribution in [0.25, 0.3) is 0 Å². The summed E-state index contributed by atoms with van der Waals surface area (Å²) >= 11 is 0. The van der Waals surface area contributed by atoms with E-state index >= 15 is 0 Å². The lowest BCUT2D eigenvalue weighted by molar-refractivity contribution is 0.171. The summed E-state index contributed by atoms with van der Waals surface area (Å²) in [5.74, 6) is 2.71. The highest BCUT2D eigenvalue weighted by atomic mass is 16.6. The highest BCUT2D eigenvalue weighted by molar-refractivity contribution is 5.44. The van der Waals surface area contributed by atoms with Gasteiger partial charge < -0.3 is 14.8 Å². The third-order valence-electron chi connectivity index (χ3n) is 4.79. The van der Waals surface area contributed by atoms with Crippen LogP contribution in [0, 0.1) is 5.92 Å². The van der Waals surface area contributed by atoms with Crippen molar-refractivity contribution < 1.29 is 9.47 Å². The van der Waals surface area contributed by atoms with Crippen molar-refractivity contribution >= 4 is 0 Å². The van der Waals surface area contributed by atoms with Crippen LogP contribution in [0.2, 0.25) is 0 Å². The average molecular weight is 289 g/mol. The molecule has 3 heteroatoms. The fraction of sp³-hybridized carbons (Fsp3) is 0.667. The maximum atomic E-state index is 5.66. The second-order valence-corrected chi connectivity index (χ2v) is 6.37. The number of nitrogens with one attached hydrogen (secondary N) is 1. The van der Waals surface area contributed by atoms with Gasteiger partial charge in [0.15, 0.2) is 11.5 Å². The normalized spacial score (nSPS) is 20.2. The highest BCUT2D eigenvalue weighted by Gasteiger charge is 2.16. The average Bonchev–Trinajstić information content (AvgIpc) is 2.55. The number of rotatable bonds is 5. The van der Waals surface area contributed by atoms with Gasteiger partial charge in [-0.05, 0) is 43.5 Å². The molecule has 1 aliphatic carbocycles. The van der Waals surface area contributed by atoms with E-state index in [0.717, 1.165) is 24.0 Å². The first kappa shape index (κ1) is 14.7. The SMILES string of the molecule is CC(NCCC1CCCCC1)c1ccc2c(c1)OCCO2. The predicted octanol–water partition coefficient (Wildman–Crippen LogP) is 4.08. The van der Waals surface area contributed by atoms with Crippen LogP contribution >= 0.6 is 0 Å². The molecule has 3 nitrogen and oxygen atoms in total. The van der Waals surface area contributed by atoms with Gasteiger partial charge in [-0.25, -0.2) is 0 Å². The molecule has 3 rings (SSSR count). The second kappa shape index (κ2) is 7.17. The zero-order chi connectivity index (χ0) is 14.5. The Balaban J connectivity index is 1.49. The van der Waals surface area contributed by atoms with Gasteiger partial charge in [0.05, 0.1) is 0 Å². The Kier molecular flexibility index (Phi) is 5.02. The minimum atomic E-state index is 0.365. The highest BCUT2D eigenvalue weighted by Crippen LogP contribution is 2.32. The Morgan fingerprint density at radius 2 is 1.86 bits per heavy atom. The van der Waals surface area contributed by atoms with Crippen LogP contribution in [0.5, 0.6) is 11.5 Å². The van der Waals surface area contributed by atoms with Gasteiger partial charge in [0.25, 0.3) is 0 Å². The van der Waals surface area contributed by atoms with Crippen LogP contribution in [0.4, 0.5) is 0 Å².